The number of sulfonamides is 1. The van der Waals surface area contributed by atoms with Crippen LogP contribution >= 0.6 is 0 Å². The molecule has 0 aromatic heterocycles. The molecule has 1 heterocycles. The number of phenols is 1. The maximum Gasteiger partial charge on any atom is 0.263 e. The third kappa shape index (κ3) is 5.64. The van der Waals surface area contributed by atoms with E-state index in [2.05, 4.69) is 35.8 Å². The van der Waals surface area contributed by atoms with Gasteiger partial charge in [-0.25, -0.2) is 8.42 Å². The molecule has 2 aromatic carbocycles. The molecule has 0 saturated heterocycles. The number of rotatable bonds is 7. The van der Waals surface area contributed by atoms with Crippen molar-refractivity contribution in [3.05, 3.63) is 53.6 Å². The molecule has 0 saturated carbocycles. The van der Waals surface area contributed by atoms with Crippen LogP contribution in [0.5, 0.6) is 5.75 Å². The van der Waals surface area contributed by atoms with Crippen molar-refractivity contribution < 1.29 is 18.3 Å². The molecule has 0 radical (unpaired) electrons. The number of amides is 1. The van der Waals surface area contributed by atoms with Crippen molar-refractivity contribution in [2.24, 2.45) is 4.99 Å². The third-order valence-corrected chi connectivity index (χ3v) is 6.53. The number of hydrogen-bond acceptors (Lipinski definition) is 5. The molecular formula is C23H29N3O4S. The Kier molecular flexibility index (Phi) is 6.69. The zero-order chi connectivity index (χ0) is 22.6. The Morgan fingerprint density at radius 3 is 2.58 bits per heavy atom. The molecule has 3 rings (SSSR count). The Morgan fingerprint density at radius 2 is 1.84 bits per heavy atom. The van der Waals surface area contributed by atoms with Crippen LogP contribution in [0.4, 0.5) is 5.69 Å². The Hall–Kier alpha value is -2.87. The van der Waals surface area contributed by atoms with Crippen LogP contribution < -0.4 is 10.0 Å². The zero-order valence-electron chi connectivity index (χ0n) is 18.1. The smallest absolute Gasteiger partial charge is 0.263 e. The number of aliphatic imine (C=N–C) groups is 1. The van der Waals surface area contributed by atoms with Gasteiger partial charge in [-0.1, -0.05) is 45.4 Å². The summed E-state index contributed by atoms with van der Waals surface area (Å²) in [6.07, 6.45) is 2.54. The van der Waals surface area contributed by atoms with Gasteiger partial charge >= 0.3 is 0 Å². The number of fused-ring (bicyclic) bond motifs is 1. The average Bonchev–Trinajstić information content (AvgIpc) is 2.96. The molecule has 1 amide bonds. The first-order valence-corrected chi connectivity index (χ1v) is 11.9. The molecule has 1 aliphatic rings. The summed E-state index contributed by atoms with van der Waals surface area (Å²) in [5, 5.41) is 12.8. The van der Waals surface area contributed by atoms with Crippen molar-refractivity contribution >= 4 is 27.5 Å². The molecule has 3 N–H and O–H groups in total. The highest BCUT2D eigenvalue weighted by atomic mass is 32.2. The first-order chi connectivity index (χ1) is 14.6. The number of amidine groups is 1. The van der Waals surface area contributed by atoms with E-state index in [9.17, 15) is 18.3 Å². The van der Waals surface area contributed by atoms with Gasteiger partial charge in [0, 0.05) is 18.5 Å². The molecule has 8 heteroatoms. The van der Waals surface area contributed by atoms with Gasteiger partial charge < -0.3 is 10.4 Å². The highest BCUT2D eigenvalue weighted by Crippen LogP contribution is 2.30. The van der Waals surface area contributed by atoms with E-state index in [4.69, 9.17) is 0 Å². The fourth-order valence-corrected chi connectivity index (χ4v) is 4.58. The lowest BCUT2D eigenvalue weighted by Gasteiger charge is -2.20. The molecule has 2 aromatic rings. The van der Waals surface area contributed by atoms with E-state index < -0.39 is 10.0 Å². The van der Waals surface area contributed by atoms with E-state index in [1.165, 1.54) is 0 Å². The van der Waals surface area contributed by atoms with Crippen molar-refractivity contribution in [2.45, 2.75) is 56.8 Å². The molecular weight excluding hydrogens is 414 g/mol. The summed E-state index contributed by atoms with van der Waals surface area (Å²) in [7, 11) is -3.51. The second kappa shape index (κ2) is 9.09. The Labute approximate surface area is 183 Å². The highest BCUT2D eigenvalue weighted by molar-refractivity contribution is 7.90. The van der Waals surface area contributed by atoms with Crippen LogP contribution in [0.15, 0.2) is 52.4 Å². The van der Waals surface area contributed by atoms with Crippen LogP contribution in [0, 0.1) is 0 Å². The number of benzene rings is 2. The lowest BCUT2D eigenvalue weighted by Crippen LogP contribution is -2.22. The van der Waals surface area contributed by atoms with E-state index in [1.807, 2.05) is 12.1 Å². The predicted octanol–water partition coefficient (Wildman–Crippen LogP) is 3.93. The Balaban J connectivity index is 1.45. The molecule has 0 spiro atoms. The van der Waals surface area contributed by atoms with Crippen molar-refractivity contribution in [2.75, 3.05) is 11.9 Å². The normalized spacial score (nSPS) is 16.0. The largest absolute Gasteiger partial charge is 0.506 e. The fourth-order valence-electron chi connectivity index (χ4n) is 3.33. The van der Waals surface area contributed by atoms with Crippen molar-refractivity contribution in [1.82, 2.24) is 4.72 Å². The van der Waals surface area contributed by atoms with Crippen LogP contribution in [0.2, 0.25) is 0 Å². The van der Waals surface area contributed by atoms with Crippen LogP contribution in [-0.2, 0) is 20.2 Å². The molecule has 0 aliphatic carbocycles. The first-order valence-electron chi connectivity index (χ1n) is 10.4. The first kappa shape index (κ1) is 22.8. The van der Waals surface area contributed by atoms with Crippen LogP contribution in [0.25, 0.3) is 0 Å². The second-order valence-corrected chi connectivity index (χ2v) is 10.3. The van der Waals surface area contributed by atoms with Crippen LogP contribution in [0.1, 0.15) is 57.6 Å². The highest BCUT2D eigenvalue weighted by Gasteiger charge is 2.29. The van der Waals surface area contributed by atoms with Gasteiger partial charge in [-0.2, -0.15) is 0 Å². The minimum atomic E-state index is -3.51. The number of nitrogens with one attached hydrogen (secondary N) is 2. The molecule has 1 aliphatic heterocycles. The maximum absolute atomic E-state index is 12.2. The van der Waals surface area contributed by atoms with Gasteiger partial charge in [0.1, 0.15) is 11.6 Å². The molecule has 0 unspecified atom stereocenters. The monoisotopic (exact) mass is 443 g/mol. The maximum atomic E-state index is 12.2. The average molecular weight is 444 g/mol. The predicted molar refractivity (Wildman–Crippen MR) is 122 cm³/mol. The number of nitrogens with zero attached hydrogens (tertiary/aromatic N) is 1. The molecule has 0 fully saturated rings. The topological polar surface area (TPSA) is 108 Å². The van der Waals surface area contributed by atoms with E-state index in [1.54, 1.807) is 30.3 Å². The number of phenolic OH excluding ortho intramolecular Hbond substituents is 1. The van der Waals surface area contributed by atoms with Crippen LogP contribution in [0.3, 0.4) is 0 Å². The van der Waals surface area contributed by atoms with Gasteiger partial charge in [0.25, 0.3) is 10.0 Å². The van der Waals surface area contributed by atoms with Gasteiger partial charge in [0.2, 0.25) is 5.91 Å². The number of carbonyl (C=O) groups excluding carboxylic acids is 1. The summed E-state index contributed by atoms with van der Waals surface area (Å²) < 4.78 is 26.6. The van der Waals surface area contributed by atoms with Crippen molar-refractivity contribution in [3.8, 4) is 5.75 Å². The quantitative estimate of drug-likeness (QED) is 0.445. The van der Waals surface area contributed by atoms with Gasteiger partial charge in [-0.15, -0.1) is 0 Å². The van der Waals surface area contributed by atoms with Gasteiger partial charge in [-0.05, 0) is 48.1 Å². The molecule has 31 heavy (non-hydrogen) atoms. The third-order valence-electron chi connectivity index (χ3n) is 5.13. The minimum absolute atomic E-state index is 0.0523. The summed E-state index contributed by atoms with van der Waals surface area (Å²) in [6.45, 7) is 6.69. The summed E-state index contributed by atoms with van der Waals surface area (Å²) in [5.74, 6) is 0.282. The number of unbranched alkanes of at least 4 members (excludes halogenated alkanes) is 2. The summed E-state index contributed by atoms with van der Waals surface area (Å²) in [4.78, 5) is 16.9. The van der Waals surface area contributed by atoms with Gasteiger partial charge in [0.15, 0.2) is 0 Å². The molecule has 0 bridgehead atoms. The van der Waals surface area contributed by atoms with Crippen molar-refractivity contribution in [3.63, 3.8) is 0 Å². The van der Waals surface area contributed by atoms with Crippen LogP contribution in [-0.4, -0.2) is 31.8 Å². The molecule has 0 atom stereocenters. The summed E-state index contributed by atoms with van der Waals surface area (Å²) in [6, 6.07) is 12.0. The van der Waals surface area contributed by atoms with Crippen molar-refractivity contribution in [1.29, 1.82) is 0 Å². The standard InChI is InChI=1S/C23H29N3O4S/c1-23(2,3)16-12-13-19(27)18(15-16)25-21(28)11-5-4-8-14-24-22-17-9-6-7-10-20(17)31(29,30)26-22/h6-7,9-10,12-13,15,27H,4-5,8,11,14H2,1-3H3,(H,24,26)(H,25,28). The SMILES string of the molecule is CC(C)(C)c1ccc(O)c(NC(=O)CCCCCN=C2NS(=O)(=O)c3ccccc32)c1. The number of hydrogen-bond donors (Lipinski definition) is 3. The Morgan fingerprint density at radius 1 is 1.10 bits per heavy atom. The number of carbonyl (C=O) groups is 1. The number of aromatic hydroxyl groups is 1. The number of anilines is 1. The lowest BCUT2D eigenvalue weighted by atomic mass is 9.87. The summed E-state index contributed by atoms with van der Waals surface area (Å²) >= 11 is 0. The van der Waals surface area contributed by atoms with E-state index in [0.717, 1.165) is 18.4 Å². The lowest BCUT2D eigenvalue weighted by molar-refractivity contribution is -0.116. The van der Waals surface area contributed by atoms with E-state index in [-0.39, 0.29) is 22.0 Å². The minimum Gasteiger partial charge on any atom is -0.506 e. The fraction of sp³-hybridized carbons (Fsp3) is 0.391. The summed E-state index contributed by atoms with van der Waals surface area (Å²) in [5.41, 5.74) is 1.97. The van der Waals surface area contributed by atoms with E-state index >= 15 is 0 Å². The molecule has 166 valence electrons. The zero-order valence-corrected chi connectivity index (χ0v) is 18.9. The van der Waals surface area contributed by atoms with Gasteiger partial charge in [0.05, 0.1) is 10.6 Å². The Bertz CT molecular complexity index is 1100. The van der Waals surface area contributed by atoms with Gasteiger partial charge in [-0.3, -0.25) is 14.5 Å². The second-order valence-electron chi connectivity index (χ2n) is 8.67. The molecule has 7 nitrogen and oxygen atoms in total. The van der Waals surface area contributed by atoms with E-state index in [0.29, 0.717) is 36.5 Å².